The largest absolute Gasteiger partial charge is 0.507 e. The number of nitrogens with zero attached hydrogens (tertiary/aromatic N) is 1. The molecule has 3 rings (SSSR count). The second-order valence-electron chi connectivity index (χ2n) is 8.22. The Labute approximate surface area is 194 Å². The van der Waals surface area contributed by atoms with E-state index in [1.165, 1.54) is 7.11 Å². The van der Waals surface area contributed by atoms with Crippen molar-refractivity contribution in [1.29, 1.82) is 0 Å². The van der Waals surface area contributed by atoms with Crippen LogP contribution in [-0.4, -0.2) is 49.4 Å². The molecular formula is C25H32N4O4. The van der Waals surface area contributed by atoms with E-state index in [2.05, 4.69) is 4.90 Å². The highest BCUT2D eigenvalue weighted by molar-refractivity contribution is 5.89. The van der Waals surface area contributed by atoms with Crippen LogP contribution in [0.2, 0.25) is 0 Å². The molecule has 1 fully saturated rings. The van der Waals surface area contributed by atoms with Gasteiger partial charge in [-0.2, -0.15) is 0 Å². The lowest BCUT2D eigenvalue weighted by molar-refractivity contribution is 0.0352. The van der Waals surface area contributed by atoms with Gasteiger partial charge in [-0.1, -0.05) is 18.2 Å². The number of esters is 1. The number of phenols is 1. The van der Waals surface area contributed by atoms with E-state index >= 15 is 0 Å². The van der Waals surface area contributed by atoms with Crippen LogP contribution in [0.4, 0.5) is 0 Å². The number of piperidine rings is 1. The van der Waals surface area contributed by atoms with Gasteiger partial charge in [-0.3, -0.25) is 0 Å². The first kappa shape index (κ1) is 24.0. The predicted molar refractivity (Wildman–Crippen MR) is 128 cm³/mol. The Morgan fingerprint density at radius 3 is 2.45 bits per heavy atom. The Balaban J connectivity index is 1.94. The van der Waals surface area contributed by atoms with Crippen molar-refractivity contribution in [1.82, 2.24) is 4.90 Å². The summed E-state index contributed by atoms with van der Waals surface area (Å²) in [6, 6.07) is 12.4. The number of nitrogens with two attached hydrogens (primary N) is 3. The number of aryl methyl sites for hydroxylation is 1. The molecule has 1 heterocycles. The van der Waals surface area contributed by atoms with Crippen molar-refractivity contribution in [2.45, 2.75) is 25.4 Å². The van der Waals surface area contributed by atoms with E-state index in [9.17, 15) is 9.90 Å². The molecule has 0 saturated carbocycles. The molecule has 1 aliphatic rings. The van der Waals surface area contributed by atoms with Gasteiger partial charge in [-0.25, -0.2) is 4.79 Å². The van der Waals surface area contributed by atoms with Gasteiger partial charge in [0.15, 0.2) is 0 Å². The third-order valence-electron chi connectivity index (χ3n) is 6.02. The van der Waals surface area contributed by atoms with Crippen molar-refractivity contribution in [3.8, 4) is 5.75 Å². The molecule has 0 aromatic heterocycles. The zero-order valence-corrected chi connectivity index (χ0v) is 19.2. The molecule has 8 nitrogen and oxygen atoms in total. The molecule has 1 saturated heterocycles. The molecule has 0 amide bonds. The topological polar surface area (TPSA) is 137 Å². The first-order valence-electron chi connectivity index (χ1n) is 10.7. The summed E-state index contributed by atoms with van der Waals surface area (Å²) in [7, 11) is 3.05. The molecule has 2 aromatic rings. The quantitative estimate of drug-likeness (QED) is 0.387. The van der Waals surface area contributed by atoms with Crippen LogP contribution in [0, 0.1) is 6.92 Å². The van der Waals surface area contributed by atoms with E-state index < -0.39 is 0 Å². The van der Waals surface area contributed by atoms with Gasteiger partial charge >= 0.3 is 5.97 Å². The van der Waals surface area contributed by atoms with Gasteiger partial charge in [0.25, 0.3) is 0 Å². The number of para-hydroxylation sites is 1. The molecule has 0 aliphatic carbocycles. The average Bonchev–Trinajstić information content (AvgIpc) is 2.81. The van der Waals surface area contributed by atoms with Crippen molar-refractivity contribution >= 4 is 11.7 Å². The lowest BCUT2D eigenvalue weighted by atomic mass is 9.85. The first-order valence-corrected chi connectivity index (χ1v) is 10.7. The normalized spacial score (nSPS) is 18.6. The van der Waals surface area contributed by atoms with Crippen molar-refractivity contribution in [3.63, 3.8) is 0 Å². The predicted octanol–water partition coefficient (Wildman–Crippen LogP) is 2.38. The van der Waals surface area contributed by atoms with Crippen LogP contribution in [0.1, 0.15) is 39.4 Å². The second-order valence-corrected chi connectivity index (χ2v) is 8.22. The number of ether oxygens (including phenoxy) is 2. The minimum Gasteiger partial charge on any atom is -0.507 e. The standard InChI is InChI=1S/C25H32N4O4/c1-15-10-16(25(31)33-3)8-9-19(15)17-11-18(32-2)14-29(13-17)22(24(27)28)12-21(26)20-6-4-5-7-23(20)30/h4-10,12,17-18,30H,11,13-14,26-28H2,1-3H3/b21-12-. The Bertz CT molecular complexity index is 1080. The number of aromatic hydroxyl groups is 1. The number of allylic oxidation sites excluding steroid dienone is 1. The van der Waals surface area contributed by atoms with Gasteiger partial charge in [-0.05, 0) is 54.8 Å². The molecule has 33 heavy (non-hydrogen) atoms. The Morgan fingerprint density at radius 1 is 1.12 bits per heavy atom. The Kier molecular flexibility index (Phi) is 7.50. The summed E-state index contributed by atoms with van der Waals surface area (Å²) in [5.41, 5.74) is 22.5. The van der Waals surface area contributed by atoms with Crippen molar-refractivity contribution in [2.24, 2.45) is 17.2 Å². The van der Waals surface area contributed by atoms with Crippen LogP contribution in [0.3, 0.4) is 0 Å². The fourth-order valence-electron chi connectivity index (χ4n) is 4.32. The van der Waals surface area contributed by atoms with Crippen LogP contribution >= 0.6 is 0 Å². The highest BCUT2D eigenvalue weighted by Crippen LogP contribution is 2.33. The summed E-state index contributed by atoms with van der Waals surface area (Å²) in [5.74, 6) is -0.0458. The number of likely N-dealkylation sites (tertiary alicyclic amines) is 1. The summed E-state index contributed by atoms with van der Waals surface area (Å²) < 4.78 is 10.5. The molecule has 7 N–H and O–H groups in total. The van der Waals surface area contributed by atoms with Crippen molar-refractivity contribution < 1.29 is 19.4 Å². The molecule has 0 spiro atoms. The third kappa shape index (κ3) is 5.40. The molecular weight excluding hydrogens is 420 g/mol. The lowest BCUT2D eigenvalue weighted by Gasteiger charge is -2.40. The van der Waals surface area contributed by atoms with Gasteiger partial charge < -0.3 is 36.7 Å². The number of methoxy groups -OCH3 is 2. The number of benzene rings is 2. The van der Waals surface area contributed by atoms with E-state index in [-0.39, 0.29) is 29.6 Å². The van der Waals surface area contributed by atoms with Gasteiger partial charge in [0, 0.05) is 37.4 Å². The summed E-state index contributed by atoms with van der Waals surface area (Å²) in [4.78, 5) is 13.9. The molecule has 2 aromatic carbocycles. The van der Waals surface area contributed by atoms with Gasteiger partial charge in [0.05, 0.1) is 24.5 Å². The molecule has 0 radical (unpaired) electrons. The minimum atomic E-state index is -0.365. The summed E-state index contributed by atoms with van der Waals surface area (Å²) >= 11 is 0. The maximum absolute atomic E-state index is 11.9. The molecule has 176 valence electrons. The van der Waals surface area contributed by atoms with Crippen LogP contribution in [-0.2, 0) is 9.47 Å². The number of phenolic OH excluding ortho intramolecular Hbond substituents is 1. The van der Waals surface area contributed by atoms with E-state index in [4.69, 9.17) is 26.7 Å². The highest BCUT2D eigenvalue weighted by Gasteiger charge is 2.31. The Morgan fingerprint density at radius 2 is 1.85 bits per heavy atom. The summed E-state index contributed by atoms with van der Waals surface area (Å²) in [6.45, 7) is 3.20. The SMILES string of the molecule is COC(=O)c1ccc(C2CC(OC)CN(C(/C=C(\N)c3ccccc3O)=C(N)N)C2)c(C)c1. The zero-order valence-electron chi connectivity index (χ0n) is 19.2. The average molecular weight is 453 g/mol. The number of carbonyl (C=O) groups excluding carboxylic acids is 1. The second kappa shape index (κ2) is 10.3. The van der Waals surface area contributed by atoms with Crippen LogP contribution < -0.4 is 17.2 Å². The monoisotopic (exact) mass is 452 g/mol. The molecule has 2 unspecified atom stereocenters. The van der Waals surface area contributed by atoms with E-state index in [0.29, 0.717) is 35.6 Å². The van der Waals surface area contributed by atoms with E-state index in [0.717, 1.165) is 17.5 Å². The van der Waals surface area contributed by atoms with Crippen LogP contribution in [0.5, 0.6) is 5.75 Å². The minimum absolute atomic E-state index is 0.0578. The number of hydrogen-bond acceptors (Lipinski definition) is 8. The van der Waals surface area contributed by atoms with Crippen molar-refractivity contribution in [3.05, 3.63) is 82.3 Å². The number of carbonyl (C=O) groups is 1. The number of rotatable bonds is 6. The zero-order chi connectivity index (χ0) is 24.1. The maximum atomic E-state index is 11.9. The Hall–Kier alpha value is -3.65. The number of hydrogen-bond donors (Lipinski definition) is 4. The summed E-state index contributed by atoms with van der Waals surface area (Å²) in [6.07, 6.45) is 2.44. The van der Waals surface area contributed by atoms with E-state index in [1.807, 2.05) is 19.1 Å². The molecule has 2 atom stereocenters. The lowest BCUT2D eigenvalue weighted by Crippen LogP contribution is -2.43. The van der Waals surface area contributed by atoms with Crippen LogP contribution in [0.25, 0.3) is 5.70 Å². The molecule has 1 aliphatic heterocycles. The highest BCUT2D eigenvalue weighted by atomic mass is 16.5. The van der Waals surface area contributed by atoms with Gasteiger partial charge in [0.2, 0.25) is 0 Å². The first-order chi connectivity index (χ1) is 15.7. The van der Waals surface area contributed by atoms with E-state index in [1.54, 1.807) is 43.5 Å². The van der Waals surface area contributed by atoms with Crippen LogP contribution in [0.15, 0.2) is 60.1 Å². The smallest absolute Gasteiger partial charge is 0.337 e. The maximum Gasteiger partial charge on any atom is 0.337 e. The third-order valence-corrected chi connectivity index (χ3v) is 6.02. The fourth-order valence-corrected chi connectivity index (χ4v) is 4.32. The van der Waals surface area contributed by atoms with Gasteiger partial charge in [-0.15, -0.1) is 0 Å². The molecule has 0 bridgehead atoms. The fraction of sp³-hybridized carbons (Fsp3) is 0.320. The summed E-state index contributed by atoms with van der Waals surface area (Å²) in [5, 5.41) is 10.2. The van der Waals surface area contributed by atoms with Gasteiger partial charge in [0.1, 0.15) is 11.6 Å². The van der Waals surface area contributed by atoms with Crippen molar-refractivity contribution in [2.75, 3.05) is 27.3 Å². The molecule has 8 heteroatoms.